The van der Waals surface area contributed by atoms with Crippen molar-refractivity contribution in [1.29, 1.82) is 0 Å². The monoisotopic (exact) mass is 611 g/mol. The SMILES string of the molecule is CCCCC(=O)Nc1cncc(-c2cnc3n[nH]c(-c4cc5c(-c6cc(F)cc(CCS(C)(=O)=O)c6)nccc5[nH]4)c3c2)c1. The molecular weight excluding hydrogens is 581 g/mol. The van der Waals surface area contributed by atoms with Crippen LogP contribution >= 0.6 is 0 Å². The first kappa shape index (κ1) is 29.1. The number of rotatable bonds is 10. The predicted molar refractivity (Wildman–Crippen MR) is 169 cm³/mol. The molecule has 0 unspecified atom stereocenters. The first-order valence-electron chi connectivity index (χ1n) is 14.2. The molecule has 0 aliphatic heterocycles. The van der Waals surface area contributed by atoms with Crippen LogP contribution in [0.4, 0.5) is 10.1 Å². The molecule has 224 valence electrons. The number of aryl methyl sites for hydroxylation is 1. The maximum absolute atomic E-state index is 14.6. The van der Waals surface area contributed by atoms with E-state index in [-0.39, 0.29) is 18.1 Å². The molecule has 0 bridgehead atoms. The molecular formula is C32H30FN7O3S. The van der Waals surface area contributed by atoms with Crippen LogP contribution in [-0.4, -0.2) is 56.5 Å². The highest BCUT2D eigenvalue weighted by atomic mass is 32.2. The van der Waals surface area contributed by atoms with E-state index < -0.39 is 15.7 Å². The second-order valence-electron chi connectivity index (χ2n) is 10.8. The van der Waals surface area contributed by atoms with Crippen molar-refractivity contribution in [1.82, 2.24) is 30.1 Å². The number of halogens is 1. The van der Waals surface area contributed by atoms with Crippen molar-refractivity contribution < 1.29 is 17.6 Å². The van der Waals surface area contributed by atoms with Crippen LogP contribution in [0.5, 0.6) is 0 Å². The standard InChI is InChI=1S/C32H30FN7O3S/c1-3-4-5-29(41)37-24-13-21(16-34-18-24)22-14-26-31(39-40-32(26)36-17-22)28-15-25-27(38-28)6-8-35-30(25)20-10-19(11-23(33)12-20)7-9-44(2,42)43/h6,8,10-18,38H,3-5,7,9H2,1-2H3,(H,37,41)(H,36,39,40). The summed E-state index contributed by atoms with van der Waals surface area (Å²) in [6, 6.07) is 12.1. The highest BCUT2D eigenvalue weighted by Gasteiger charge is 2.17. The number of carbonyl (C=O) groups excluding carboxylic acids is 1. The molecule has 12 heteroatoms. The summed E-state index contributed by atoms with van der Waals surface area (Å²) in [6.45, 7) is 2.04. The molecule has 1 aromatic carbocycles. The maximum Gasteiger partial charge on any atom is 0.224 e. The number of H-pyrrole nitrogens is 2. The van der Waals surface area contributed by atoms with Gasteiger partial charge in [-0.1, -0.05) is 13.3 Å². The molecule has 1 amide bonds. The second-order valence-corrected chi connectivity index (χ2v) is 13.1. The van der Waals surface area contributed by atoms with Crippen LogP contribution < -0.4 is 5.32 Å². The van der Waals surface area contributed by atoms with Crippen LogP contribution in [-0.2, 0) is 21.1 Å². The molecule has 0 radical (unpaired) electrons. The largest absolute Gasteiger partial charge is 0.353 e. The number of benzene rings is 1. The van der Waals surface area contributed by atoms with Gasteiger partial charge in [0.25, 0.3) is 0 Å². The maximum atomic E-state index is 14.6. The van der Waals surface area contributed by atoms with E-state index in [9.17, 15) is 17.6 Å². The van der Waals surface area contributed by atoms with E-state index in [1.807, 2.05) is 31.2 Å². The fourth-order valence-corrected chi connectivity index (χ4v) is 5.75. The topological polar surface area (TPSA) is 146 Å². The number of hydrogen-bond acceptors (Lipinski definition) is 7. The summed E-state index contributed by atoms with van der Waals surface area (Å²) in [7, 11) is -3.20. The molecule has 0 saturated heterocycles. The van der Waals surface area contributed by atoms with E-state index in [2.05, 4.69) is 35.5 Å². The summed E-state index contributed by atoms with van der Waals surface area (Å²) < 4.78 is 38.0. The molecule has 5 heterocycles. The number of carbonyl (C=O) groups is 1. The fourth-order valence-electron chi connectivity index (χ4n) is 5.14. The van der Waals surface area contributed by atoms with E-state index in [0.29, 0.717) is 40.3 Å². The number of hydrogen-bond donors (Lipinski definition) is 3. The van der Waals surface area contributed by atoms with Crippen LogP contribution in [0, 0.1) is 5.82 Å². The van der Waals surface area contributed by atoms with Crippen molar-refractivity contribution in [2.24, 2.45) is 0 Å². The molecule has 10 nitrogen and oxygen atoms in total. The highest BCUT2D eigenvalue weighted by molar-refractivity contribution is 7.90. The Labute approximate surface area is 253 Å². The quantitative estimate of drug-likeness (QED) is 0.170. The Bertz CT molecular complexity index is 2120. The van der Waals surface area contributed by atoms with Crippen LogP contribution in [0.1, 0.15) is 31.7 Å². The molecule has 6 rings (SSSR count). The number of anilines is 1. The van der Waals surface area contributed by atoms with Gasteiger partial charge in [-0.05, 0) is 60.9 Å². The van der Waals surface area contributed by atoms with Crippen molar-refractivity contribution >= 4 is 43.4 Å². The fraction of sp³-hybridized carbons (Fsp3) is 0.219. The average molecular weight is 612 g/mol. The zero-order chi connectivity index (χ0) is 30.8. The van der Waals surface area contributed by atoms with Gasteiger partial charge in [0.05, 0.1) is 34.7 Å². The molecule has 3 N–H and O–H groups in total. The van der Waals surface area contributed by atoms with Gasteiger partial charge in [-0.3, -0.25) is 19.9 Å². The predicted octanol–water partition coefficient (Wildman–Crippen LogP) is 6.09. The number of aromatic nitrogens is 6. The molecule has 0 atom stereocenters. The third kappa shape index (κ3) is 6.35. The number of pyridine rings is 3. The third-order valence-electron chi connectivity index (χ3n) is 7.33. The number of nitrogens with zero attached hydrogens (tertiary/aromatic N) is 4. The normalized spacial score (nSPS) is 11.8. The molecule has 0 aliphatic carbocycles. The Hall–Kier alpha value is -4.97. The summed E-state index contributed by atoms with van der Waals surface area (Å²) in [4.78, 5) is 29.0. The molecule has 0 spiro atoms. The summed E-state index contributed by atoms with van der Waals surface area (Å²) in [5, 5.41) is 11.9. The zero-order valence-corrected chi connectivity index (χ0v) is 25.0. The Balaban J connectivity index is 1.35. The Kier molecular flexibility index (Phi) is 7.92. The molecule has 0 aliphatic rings. The van der Waals surface area contributed by atoms with E-state index in [1.54, 1.807) is 30.9 Å². The first-order chi connectivity index (χ1) is 21.2. The van der Waals surface area contributed by atoms with Crippen LogP contribution in [0.2, 0.25) is 0 Å². The van der Waals surface area contributed by atoms with Gasteiger partial charge in [0.2, 0.25) is 5.91 Å². The third-order valence-corrected chi connectivity index (χ3v) is 8.28. The lowest BCUT2D eigenvalue weighted by Gasteiger charge is -2.07. The lowest BCUT2D eigenvalue weighted by molar-refractivity contribution is -0.116. The van der Waals surface area contributed by atoms with Crippen molar-refractivity contribution in [2.45, 2.75) is 32.6 Å². The van der Waals surface area contributed by atoms with Crippen molar-refractivity contribution in [2.75, 3.05) is 17.3 Å². The van der Waals surface area contributed by atoms with Gasteiger partial charge in [-0.2, -0.15) is 5.10 Å². The summed E-state index contributed by atoms with van der Waals surface area (Å²) in [5.74, 6) is -0.580. The molecule has 6 aromatic rings. The zero-order valence-electron chi connectivity index (χ0n) is 24.2. The summed E-state index contributed by atoms with van der Waals surface area (Å²) in [6.07, 6.45) is 10.3. The lowest BCUT2D eigenvalue weighted by Crippen LogP contribution is -2.11. The smallest absolute Gasteiger partial charge is 0.224 e. The van der Waals surface area contributed by atoms with Gasteiger partial charge >= 0.3 is 0 Å². The van der Waals surface area contributed by atoms with Crippen LogP contribution in [0.25, 0.3) is 55.7 Å². The average Bonchev–Trinajstić information content (AvgIpc) is 3.62. The van der Waals surface area contributed by atoms with Gasteiger partial charge in [0.1, 0.15) is 15.7 Å². The number of nitrogens with one attached hydrogen (secondary N) is 3. The summed E-state index contributed by atoms with van der Waals surface area (Å²) in [5.41, 5.74) is 6.67. The second kappa shape index (κ2) is 12.0. The Morgan fingerprint density at radius 3 is 2.64 bits per heavy atom. The number of aromatic amines is 2. The molecule has 0 fully saturated rings. The van der Waals surface area contributed by atoms with Crippen molar-refractivity contribution in [3.8, 4) is 33.8 Å². The van der Waals surface area contributed by atoms with E-state index in [4.69, 9.17) is 0 Å². The molecule has 44 heavy (non-hydrogen) atoms. The van der Waals surface area contributed by atoms with Crippen LogP contribution in [0.3, 0.4) is 0 Å². The number of unbranched alkanes of at least 4 members (excludes halogenated alkanes) is 1. The number of sulfone groups is 1. The van der Waals surface area contributed by atoms with Crippen molar-refractivity contribution in [3.63, 3.8) is 0 Å². The van der Waals surface area contributed by atoms with Crippen molar-refractivity contribution in [3.05, 3.63) is 78.6 Å². The number of amides is 1. The van der Waals surface area contributed by atoms with Gasteiger partial charge in [0.15, 0.2) is 5.65 Å². The van der Waals surface area contributed by atoms with E-state index in [1.165, 1.54) is 12.1 Å². The van der Waals surface area contributed by atoms with E-state index in [0.717, 1.165) is 52.2 Å². The molecule has 5 aromatic heterocycles. The molecule has 0 saturated carbocycles. The minimum absolute atomic E-state index is 0.0486. The first-order valence-corrected chi connectivity index (χ1v) is 16.3. The summed E-state index contributed by atoms with van der Waals surface area (Å²) >= 11 is 0. The Morgan fingerprint density at radius 2 is 1.82 bits per heavy atom. The van der Waals surface area contributed by atoms with Gasteiger partial charge in [-0.25, -0.2) is 17.8 Å². The minimum Gasteiger partial charge on any atom is -0.353 e. The number of fused-ring (bicyclic) bond motifs is 2. The minimum atomic E-state index is -3.20. The Morgan fingerprint density at radius 1 is 0.977 bits per heavy atom. The van der Waals surface area contributed by atoms with Crippen LogP contribution in [0.15, 0.2) is 67.3 Å². The van der Waals surface area contributed by atoms with E-state index >= 15 is 0 Å². The van der Waals surface area contributed by atoms with Gasteiger partial charge < -0.3 is 10.3 Å². The highest BCUT2D eigenvalue weighted by Crippen LogP contribution is 2.34. The lowest BCUT2D eigenvalue weighted by atomic mass is 10.0. The van der Waals surface area contributed by atoms with Gasteiger partial charge in [-0.15, -0.1) is 0 Å². The van der Waals surface area contributed by atoms with Gasteiger partial charge in [0, 0.05) is 64.2 Å².